The first-order chi connectivity index (χ1) is 17.0. The zero-order valence-corrected chi connectivity index (χ0v) is 21.2. The third-order valence-electron chi connectivity index (χ3n) is 7.28. The van der Waals surface area contributed by atoms with Crippen molar-refractivity contribution in [1.29, 1.82) is 0 Å². The zero-order valence-electron chi connectivity index (χ0n) is 21.2. The number of fused-ring (bicyclic) bond motifs is 3. The van der Waals surface area contributed by atoms with E-state index < -0.39 is 35.9 Å². The number of benzene rings is 1. The van der Waals surface area contributed by atoms with Crippen molar-refractivity contribution < 1.29 is 38.4 Å². The summed E-state index contributed by atoms with van der Waals surface area (Å²) in [5, 5.41) is 9.86. The molecule has 3 aliphatic rings. The Kier molecular flexibility index (Phi) is 7.29. The molecular formula is C28H34O8. The van der Waals surface area contributed by atoms with Gasteiger partial charge >= 0.3 is 11.9 Å². The van der Waals surface area contributed by atoms with Gasteiger partial charge in [-0.2, -0.15) is 0 Å². The van der Waals surface area contributed by atoms with Gasteiger partial charge in [-0.15, -0.1) is 0 Å². The van der Waals surface area contributed by atoms with Gasteiger partial charge in [0, 0.05) is 23.5 Å². The summed E-state index contributed by atoms with van der Waals surface area (Å²) in [5.41, 5.74) is 2.52. The lowest BCUT2D eigenvalue weighted by atomic mass is 9.81. The SMILES string of the molecule is C=C(C)C(=O)OC1CC(C)C2(OCCc3ccc(O)c(OC)c3)C=C(C)C(CC3OC(=O)C(=C)C13)O2. The van der Waals surface area contributed by atoms with E-state index in [2.05, 4.69) is 13.2 Å². The van der Waals surface area contributed by atoms with E-state index in [9.17, 15) is 14.7 Å². The van der Waals surface area contributed by atoms with Crippen LogP contribution in [-0.4, -0.2) is 54.9 Å². The maximum atomic E-state index is 12.5. The number of methoxy groups -OCH3 is 1. The molecule has 0 aromatic heterocycles. The molecule has 4 rings (SSSR count). The van der Waals surface area contributed by atoms with Gasteiger partial charge in [-0.3, -0.25) is 0 Å². The number of phenols is 1. The molecule has 1 aromatic rings. The molecule has 6 unspecified atom stereocenters. The number of rotatable bonds is 7. The maximum absolute atomic E-state index is 12.5. The summed E-state index contributed by atoms with van der Waals surface area (Å²) in [6.07, 6.45) is 1.86. The molecule has 3 heterocycles. The number of hydrogen-bond acceptors (Lipinski definition) is 8. The van der Waals surface area contributed by atoms with Crippen LogP contribution in [-0.2, 0) is 35.0 Å². The van der Waals surface area contributed by atoms with Crippen LogP contribution >= 0.6 is 0 Å². The summed E-state index contributed by atoms with van der Waals surface area (Å²) in [7, 11) is 1.51. The van der Waals surface area contributed by atoms with Gasteiger partial charge in [-0.05, 0) is 56.0 Å². The van der Waals surface area contributed by atoms with Crippen LogP contribution in [0.5, 0.6) is 11.5 Å². The third-order valence-corrected chi connectivity index (χ3v) is 7.28. The minimum atomic E-state index is -1.03. The number of carbonyl (C=O) groups excluding carboxylic acids is 2. The molecule has 0 saturated carbocycles. The molecule has 0 radical (unpaired) electrons. The van der Waals surface area contributed by atoms with Gasteiger partial charge in [0.1, 0.15) is 12.2 Å². The van der Waals surface area contributed by atoms with Crippen LogP contribution in [0, 0.1) is 11.8 Å². The molecule has 8 nitrogen and oxygen atoms in total. The van der Waals surface area contributed by atoms with Crippen LogP contribution in [0.1, 0.15) is 39.2 Å². The molecule has 1 aromatic carbocycles. The molecule has 36 heavy (non-hydrogen) atoms. The number of phenolic OH excluding ortho intramolecular Hbond substituents is 1. The smallest absolute Gasteiger partial charge is 0.334 e. The number of aromatic hydroxyl groups is 1. The predicted molar refractivity (Wildman–Crippen MR) is 131 cm³/mol. The summed E-state index contributed by atoms with van der Waals surface area (Å²) in [4.78, 5) is 24.9. The fourth-order valence-electron chi connectivity index (χ4n) is 5.21. The molecule has 2 fully saturated rings. The highest BCUT2D eigenvalue weighted by Crippen LogP contribution is 2.46. The molecule has 0 amide bonds. The average molecular weight is 499 g/mol. The van der Waals surface area contributed by atoms with Crippen molar-refractivity contribution in [3.05, 3.63) is 59.7 Å². The maximum Gasteiger partial charge on any atom is 0.334 e. The molecule has 2 saturated heterocycles. The lowest BCUT2D eigenvalue weighted by Gasteiger charge is -2.36. The Hall–Kier alpha value is -3.10. The minimum Gasteiger partial charge on any atom is -0.504 e. The van der Waals surface area contributed by atoms with Crippen LogP contribution in [0.4, 0.5) is 0 Å². The summed E-state index contributed by atoms with van der Waals surface area (Å²) in [6.45, 7) is 13.5. The molecule has 6 atom stereocenters. The minimum absolute atomic E-state index is 0.0781. The molecule has 3 aliphatic heterocycles. The summed E-state index contributed by atoms with van der Waals surface area (Å²) in [6, 6.07) is 5.18. The standard InChI is InChI=1S/C28H34O8/c1-15(2)26(30)34-23-11-17(4)28(33-10-9-19-7-8-20(29)22(12-19)32-6)14-16(3)21(36-28)13-24-25(23)18(5)27(31)35-24/h7-8,12,14,17,21,23-25,29H,1,5,9-11,13H2,2-4,6H3. The van der Waals surface area contributed by atoms with Crippen molar-refractivity contribution in [2.24, 2.45) is 11.8 Å². The Morgan fingerprint density at radius 3 is 2.75 bits per heavy atom. The van der Waals surface area contributed by atoms with Gasteiger partial charge in [0.15, 0.2) is 17.3 Å². The van der Waals surface area contributed by atoms with Crippen LogP contribution < -0.4 is 4.74 Å². The fraction of sp³-hybridized carbons (Fsp3) is 0.500. The Morgan fingerprint density at radius 1 is 1.31 bits per heavy atom. The molecule has 194 valence electrons. The van der Waals surface area contributed by atoms with Gasteiger partial charge in [-0.1, -0.05) is 26.1 Å². The normalized spacial score (nSPS) is 31.4. The van der Waals surface area contributed by atoms with Gasteiger partial charge < -0.3 is 28.8 Å². The van der Waals surface area contributed by atoms with E-state index in [0.29, 0.717) is 37.2 Å². The average Bonchev–Trinajstić information content (AvgIpc) is 3.30. The van der Waals surface area contributed by atoms with Crippen molar-refractivity contribution in [2.75, 3.05) is 13.7 Å². The molecule has 0 aliphatic carbocycles. The van der Waals surface area contributed by atoms with Gasteiger partial charge in [0.25, 0.3) is 0 Å². The first-order valence-corrected chi connectivity index (χ1v) is 12.2. The summed E-state index contributed by atoms with van der Waals surface area (Å²) >= 11 is 0. The summed E-state index contributed by atoms with van der Waals surface area (Å²) < 4.78 is 29.6. The largest absolute Gasteiger partial charge is 0.504 e. The second-order valence-corrected chi connectivity index (χ2v) is 9.91. The van der Waals surface area contributed by atoms with Crippen LogP contribution in [0.15, 0.2) is 54.2 Å². The second-order valence-electron chi connectivity index (χ2n) is 9.91. The van der Waals surface area contributed by atoms with Crippen molar-refractivity contribution >= 4 is 11.9 Å². The van der Waals surface area contributed by atoms with Crippen molar-refractivity contribution in [3.8, 4) is 11.5 Å². The number of esters is 2. The van der Waals surface area contributed by atoms with Gasteiger partial charge in [-0.25, -0.2) is 9.59 Å². The Labute approximate surface area is 211 Å². The van der Waals surface area contributed by atoms with E-state index in [0.717, 1.165) is 11.1 Å². The quantitative estimate of drug-likeness (QED) is 0.342. The van der Waals surface area contributed by atoms with E-state index in [1.165, 1.54) is 7.11 Å². The fourth-order valence-corrected chi connectivity index (χ4v) is 5.21. The Morgan fingerprint density at radius 2 is 2.06 bits per heavy atom. The molecular weight excluding hydrogens is 464 g/mol. The molecule has 2 bridgehead atoms. The van der Waals surface area contributed by atoms with Crippen LogP contribution in [0.3, 0.4) is 0 Å². The van der Waals surface area contributed by atoms with E-state index in [4.69, 9.17) is 23.7 Å². The topological polar surface area (TPSA) is 101 Å². The van der Waals surface area contributed by atoms with E-state index >= 15 is 0 Å². The van der Waals surface area contributed by atoms with Gasteiger partial charge in [0.2, 0.25) is 0 Å². The number of ether oxygens (including phenoxy) is 5. The molecule has 1 N–H and O–H groups in total. The third kappa shape index (κ3) is 4.92. The zero-order chi connectivity index (χ0) is 26.2. The van der Waals surface area contributed by atoms with Crippen LogP contribution in [0.2, 0.25) is 0 Å². The van der Waals surface area contributed by atoms with Crippen molar-refractivity contribution in [1.82, 2.24) is 0 Å². The van der Waals surface area contributed by atoms with Gasteiger partial charge in [0.05, 0.1) is 25.7 Å². The molecule has 8 heteroatoms. The lowest BCUT2D eigenvalue weighted by molar-refractivity contribution is -0.238. The highest BCUT2D eigenvalue weighted by atomic mass is 16.7. The first-order valence-electron chi connectivity index (χ1n) is 12.2. The number of carbonyl (C=O) groups is 2. The van der Waals surface area contributed by atoms with E-state index in [1.807, 2.05) is 26.0 Å². The molecule has 0 spiro atoms. The monoisotopic (exact) mass is 498 g/mol. The number of hydrogen-bond donors (Lipinski definition) is 1. The first kappa shape index (κ1) is 26.0. The van der Waals surface area contributed by atoms with E-state index in [-0.39, 0.29) is 23.3 Å². The van der Waals surface area contributed by atoms with Crippen molar-refractivity contribution in [2.45, 2.75) is 64.1 Å². The Balaban J connectivity index is 1.58. The van der Waals surface area contributed by atoms with Crippen LogP contribution in [0.25, 0.3) is 0 Å². The van der Waals surface area contributed by atoms with E-state index in [1.54, 1.807) is 19.1 Å². The highest BCUT2D eigenvalue weighted by molar-refractivity contribution is 5.91. The van der Waals surface area contributed by atoms with Crippen molar-refractivity contribution in [3.63, 3.8) is 0 Å². The highest BCUT2D eigenvalue weighted by Gasteiger charge is 2.53. The lowest BCUT2D eigenvalue weighted by Crippen LogP contribution is -2.42. The predicted octanol–water partition coefficient (Wildman–Crippen LogP) is 4.02. The second kappa shape index (κ2) is 10.1. The Bertz CT molecular complexity index is 1100. The summed E-state index contributed by atoms with van der Waals surface area (Å²) in [5.74, 6) is -2.25.